The molecule has 0 unspecified atom stereocenters. The Bertz CT molecular complexity index is 558. The number of hydrogen-bond acceptors (Lipinski definition) is 3. The standard InChI is InChI=1S/C15H18FN3/c1-4-5-18-15-14(17-6-7-19-15)13-11(3)8-10(2)9-12(13)16/h6-9H,4-5H2,1-3H3,(H,18,19). The summed E-state index contributed by atoms with van der Waals surface area (Å²) in [7, 11) is 0. The van der Waals surface area contributed by atoms with Crippen molar-refractivity contribution >= 4 is 5.82 Å². The molecule has 4 heteroatoms. The lowest BCUT2D eigenvalue weighted by atomic mass is 10.0. The Labute approximate surface area is 112 Å². The number of halogens is 1. The molecule has 2 rings (SSSR count). The van der Waals surface area contributed by atoms with E-state index in [1.165, 1.54) is 6.07 Å². The van der Waals surface area contributed by atoms with Gasteiger partial charge in [-0.05, 0) is 37.5 Å². The largest absolute Gasteiger partial charge is 0.368 e. The quantitative estimate of drug-likeness (QED) is 0.909. The molecule has 0 radical (unpaired) electrons. The molecule has 1 aromatic heterocycles. The average Bonchev–Trinajstić information content (AvgIpc) is 2.36. The highest BCUT2D eigenvalue weighted by molar-refractivity contribution is 5.74. The van der Waals surface area contributed by atoms with Gasteiger partial charge in [-0.15, -0.1) is 0 Å². The van der Waals surface area contributed by atoms with Gasteiger partial charge in [0.25, 0.3) is 0 Å². The van der Waals surface area contributed by atoms with Crippen LogP contribution in [0.3, 0.4) is 0 Å². The molecule has 0 saturated heterocycles. The molecule has 1 heterocycles. The van der Waals surface area contributed by atoms with Gasteiger partial charge >= 0.3 is 0 Å². The van der Waals surface area contributed by atoms with Crippen LogP contribution < -0.4 is 5.32 Å². The van der Waals surface area contributed by atoms with Crippen LogP contribution >= 0.6 is 0 Å². The van der Waals surface area contributed by atoms with E-state index in [1.54, 1.807) is 12.4 Å². The second-order valence-electron chi connectivity index (χ2n) is 4.62. The van der Waals surface area contributed by atoms with Crippen LogP contribution in [-0.4, -0.2) is 16.5 Å². The summed E-state index contributed by atoms with van der Waals surface area (Å²) < 4.78 is 14.2. The molecule has 0 saturated carbocycles. The third-order valence-corrected chi connectivity index (χ3v) is 2.91. The third kappa shape index (κ3) is 2.89. The molecule has 3 nitrogen and oxygen atoms in total. The first-order chi connectivity index (χ1) is 9.13. The Morgan fingerprint density at radius 3 is 2.58 bits per heavy atom. The van der Waals surface area contributed by atoms with Crippen molar-refractivity contribution in [1.29, 1.82) is 0 Å². The minimum absolute atomic E-state index is 0.252. The molecular formula is C15H18FN3. The van der Waals surface area contributed by atoms with Crippen molar-refractivity contribution in [3.8, 4) is 11.3 Å². The molecule has 0 aliphatic carbocycles. The number of anilines is 1. The summed E-state index contributed by atoms with van der Waals surface area (Å²) in [6.45, 7) is 6.63. The van der Waals surface area contributed by atoms with E-state index in [1.807, 2.05) is 19.9 Å². The number of benzene rings is 1. The van der Waals surface area contributed by atoms with E-state index in [2.05, 4.69) is 22.2 Å². The Morgan fingerprint density at radius 1 is 1.16 bits per heavy atom. The Hall–Kier alpha value is -1.97. The maximum absolute atomic E-state index is 14.2. The number of rotatable bonds is 4. The number of aromatic nitrogens is 2. The van der Waals surface area contributed by atoms with Crippen LogP contribution in [0.5, 0.6) is 0 Å². The topological polar surface area (TPSA) is 37.8 Å². The molecule has 1 aromatic carbocycles. The zero-order valence-corrected chi connectivity index (χ0v) is 11.5. The highest BCUT2D eigenvalue weighted by atomic mass is 19.1. The van der Waals surface area contributed by atoms with Crippen LogP contribution in [0.1, 0.15) is 24.5 Å². The van der Waals surface area contributed by atoms with Crippen molar-refractivity contribution in [3.63, 3.8) is 0 Å². The molecule has 19 heavy (non-hydrogen) atoms. The summed E-state index contributed by atoms with van der Waals surface area (Å²) in [5.41, 5.74) is 2.88. The molecule has 0 atom stereocenters. The summed E-state index contributed by atoms with van der Waals surface area (Å²) >= 11 is 0. The van der Waals surface area contributed by atoms with Crippen molar-refractivity contribution in [2.45, 2.75) is 27.2 Å². The van der Waals surface area contributed by atoms with Crippen molar-refractivity contribution in [3.05, 3.63) is 41.5 Å². The van der Waals surface area contributed by atoms with Gasteiger partial charge < -0.3 is 5.32 Å². The van der Waals surface area contributed by atoms with Gasteiger partial charge in [0.2, 0.25) is 0 Å². The number of aryl methyl sites for hydroxylation is 2. The highest BCUT2D eigenvalue weighted by Gasteiger charge is 2.15. The lowest BCUT2D eigenvalue weighted by Crippen LogP contribution is -2.06. The molecule has 0 bridgehead atoms. The predicted octanol–water partition coefficient (Wildman–Crippen LogP) is 3.72. The first-order valence-electron chi connectivity index (χ1n) is 6.45. The number of nitrogens with one attached hydrogen (secondary N) is 1. The molecule has 0 aliphatic heterocycles. The summed E-state index contributed by atoms with van der Waals surface area (Å²) in [4.78, 5) is 8.55. The van der Waals surface area contributed by atoms with Gasteiger partial charge in [-0.1, -0.05) is 13.0 Å². The molecule has 100 valence electrons. The van der Waals surface area contributed by atoms with Crippen LogP contribution in [0.4, 0.5) is 10.2 Å². The van der Waals surface area contributed by atoms with Crippen LogP contribution in [0.2, 0.25) is 0 Å². The van der Waals surface area contributed by atoms with Gasteiger partial charge in [-0.2, -0.15) is 0 Å². The summed E-state index contributed by atoms with van der Waals surface area (Å²) in [6.07, 6.45) is 4.18. The maximum Gasteiger partial charge on any atom is 0.152 e. The summed E-state index contributed by atoms with van der Waals surface area (Å²) in [5.74, 6) is 0.382. The SMILES string of the molecule is CCCNc1nccnc1-c1c(C)cc(C)cc1F. The van der Waals surface area contributed by atoms with Crippen molar-refractivity contribution in [2.24, 2.45) is 0 Å². The fourth-order valence-electron chi connectivity index (χ4n) is 2.11. The van der Waals surface area contributed by atoms with E-state index in [4.69, 9.17) is 0 Å². The van der Waals surface area contributed by atoms with Gasteiger partial charge in [-0.3, -0.25) is 4.98 Å². The molecule has 2 aromatic rings. The van der Waals surface area contributed by atoms with E-state index in [-0.39, 0.29) is 5.82 Å². The Balaban J connectivity index is 2.53. The maximum atomic E-state index is 14.2. The summed E-state index contributed by atoms with van der Waals surface area (Å²) in [5, 5.41) is 3.19. The van der Waals surface area contributed by atoms with Crippen molar-refractivity contribution < 1.29 is 4.39 Å². The minimum atomic E-state index is -0.252. The molecule has 0 spiro atoms. The minimum Gasteiger partial charge on any atom is -0.368 e. The van der Waals surface area contributed by atoms with E-state index in [9.17, 15) is 4.39 Å². The highest BCUT2D eigenvalue weighted by Crippen LogP contribution is 2.30. The fraction of sp³-hybridized carbons (Fsp3) is 0.333. The van der Waals surface area contributed by atoms with E-state index >= 15 is 0 Å². The van der Waals surface area contributed by atoms with Crippen molar-refractivity contribution in [1.82, 2.24) is 9.97 Å². The lowest BCUT2D eigenvalue weighted by Gasteiger charge is -2.12. The number of hydrogen-bond donors (Lipinski definition) is 1. The van der Waals surface area contributed by atoms with Crippen LogP contribution in [0.25, 0.3) is 11.3 Å². The first kappa shape index (κ1) is 13.5. The van der Waals surface area contributed by atoms with E-state index in [0.29, 0.717) is 17.1 Å². The first-order valence-corrected chi connectivity index (χ1v) is 6.45. The zero-order chi connectivity index (χ0) is 13.8. The Kier molecular flexibility index (Phi) is 4.10. The average molecular weight is 259 g/mol. The third-order valence-electron chi connectivity index (χ3n) is 2.91. The molecule has 0 fully saturated rings. The van der Waals surface area contributed by atoms with E-state index < -0.39 is 0 Å². The molecule has 0 aliphatic rings. The monoisotopic (exact) mass is 259 g/mol. The molecule has 1 N–H and O–H groups in total. The van der Waals surface area contributed by atoms with E-state index in [0.717, 1.165) is 24.1 Å². The van der Waals surface area contributed by atoms with Gasteiger partial charge in [0.1, 0.15) is 11.5 Å². The Morgan fingerprint density at radius 2 is 1.89 bits per heavy atom. The van der Waals surface area contributed by atoms with Gasteiger partial charge in [0, 0.05) is 24.5 Å². The van der Waals surface area contributed by atoms with Crippen LogP contribution in [0, 0.1) is 19.7 Å². The predicted molar refractivity (Wildman–Crippen MR) is 75.7 cm³/mol. The van der Waals surface area contributed by atoms with Gasteiger partial charge in [0.15, 0.2) is 5.82 Å². The van der Waals surface area contributed by atoms with Gasteiger partial charge in [0.05, 0.1) is 0 Å². The van der Waals surface area contributed by atoms with Crippen LogP contribution in [0.15, 0.2) is 24.5 Å². The second-order valence-corrected chi connectivity index (χ2v) is 4.62. The van der Waals surface area contributed by atoms with Crippen LogP contribution in [-0.2, 0) is 0 Å². The second kappa shape index (κ2) is 5.78. The van der Waals surface area contributed by atoms with Crippen molar-refractivity contribution in [2.75, 3.05) is 11.9 Å². The van der Waals surface area contributed by atoms with Gasteiger partial charge in [-0.25, -0.2) is 9.37 Å². The zero-order valence-electron chi connectivity index (χ0n) is 11.5. The molecule has 0 amide bonds. The fourth-order valence-corrected chi connectivity index (χ4v) is 2.11. The number of nitrogens with zero attached hydrogens (tertiary/aromatic N) is 2. The lowest BCUT2D eigenvalue weighted by molar-refractivity contribution is 0.628. The molecular weight excluding hydrogens is 241 g/mol. The normalized spacial score (nSPS) is 10.5. The smallest absolute Gasteiger partial charge is 0.152 e. The summed E-state index contributed by atoms with van der Waals surface area (Å²) in [6, 6.07) is 3.48.